The van der Waals surface area contributed by atoms with Gasteiger partial charge in [-0.3, -0.25) is 19.1 Å². The number of nitrogens with zero attached hydrogens (tertiary/aromatic N) is 3. The summed E-state index contributed by atoms with van der Waals surface area (Å²) < 4.78 is 1.23. The number of hydrogen-bond donors (Lipinski definition) is 1. The molecule has 1 amide bonds. The van der Waals surface area contributed by atoms with Crippen molar-refractivity contribution in [2.75, 3.05) is 26.7 Å². The SMILES string of the molecule is CN1CCN(C(=O)Cn2ccc(=O)[nH]c2=O)[C@@H](c2ccccc2)C1. The average molecular weight is 328 g/mol. The Labute approximate surface area is 139 Å². The van der Waals surface area contributed by atoms with Crippen LogP contribution in [0, 0.1) is 0 Å². The Morgan fingerprint density at radius 3 is 2.62 bits per heavy atom. The Bertz CT molecular complexity index is 827. The molecule has 3 rings (SSSR count). The zero-order valence-electron chi connectivity index (χ0n) is 13.5. The maximum atomic E-state index is 12.8. The average Bonchev–Trinajstić information content (AvgIpc) is 2.58. The van der Waals surface area contributed by atoms with Crippen LogP contribution in [0.15, 0.2) is 52.2 Å². The molecule has 0 radical (unpaired) electrons. The lowest BCUT2D eigenvalue weighted by Crippen LogP contribution is -2.50. The molecule has 0 bridgehead atoms. The van der Waals surface area contributed by atoms with Crippen LogP contribution < -0.4 is 11.2 Å². The minimum absolute atomic E-state index is 0.0455. The first kappa shape index (κ1) is 16.2. The highest BCUT2D eigenvalue weighted by molar-refractivity contribution is 5.76. The van der Waals surface area contributed by atoms with Crippen LogP contribution in [0.5, 0.6) is 0 Å². The normalized spacial score (nSPS) is 18.5. The van der Waals surface area contributed by atoms with Gasteiger partial charge in [-0.1, -0.05) is 30.3 Å². The fourth-order valence-electron chi connectivity index (χ4n) is 2.98. The molecule has 1 aromatic heterocycles. The molecule has 1 fully saturated rings. The zero-order valence-corrected chi connectivity index (χ0v) is 13.5. The number of amides is 1. The van der Waals surface area contributed by atoms with Crippen LogP contribution in [0.25, 0.3) is 0 Å². The van der Waals surface area contributed by atoms with E-state index in [0.717, 1.165) is 18.7 Å². The number of aromatic amines is 1. The van der Waals surface area contributed by atoms with E-state index in [-0.39, 0.29) is 18.5 Å². The highest BCUT2D eigenvalue weighted by Crippen LogP contribution is 2.25. The molecular formula is C17H20N4O3. The van der Waals surface area contributed by atoms with Gasteiger partial charge in [0, 0.05) is 31.9 Å². The van der Waals surface area contributed by atoms with E-state index in [1.807, 2.05) is 42.3 Å². The maximum Gasteiger partial charge on any atom is 0.328 e. The third kappa shape index (κ3) is 3.46. The number of piperazine rings is 1. The van der Waals surface area contributed by atoms with Crippen LogP contribution in [0.4, 0.5) is 0 Å². The zero-order chi connectivity index (χ0) is 17.1. The minimum Gasteiger partial charge on any atom is -0.332 e. The Balaban J connectivity index is 1.83. The molecule has 1 aliphatic heterocycles. The Morgan fingerprint density at radius 2 is 1.92 bits per heavy atom. The lowest BCUT2D eigenvalue weighted by molar-refractivity contribution is -0.136. The monoisotopic (exact) mass is 328 g/mol. The largest absolute Gasteiger partial charge is 0.332 e. The van der Waals surface area contributed by atoms with E-state index < -0.39 is 11.2 Å². The third-order valence-electron chi connectivity index (χ3n) is 4.29. The second-order valence-corrected chi connectivity index (χ2v) is 6.01. The van der Waals surface area contributed by atoms with E-state index in [2.05, 4.69) is 9.88 Å². The van der Waals surface area contributed by atoms with Crippen molar-refractivity contribution in [3.63, 3.8) is 0 Å². The first-order valence-electron chi connectivity index (χ1n) is 7.87. The summed E-state index contributed by atoms with van der Waals surface area (Å²) in [6, 6.07) is 11.1. The van der Waals surface area contributed by atoms with Gasteiger partial charge >= 0.3 is 5.69 Å². The van der Waals surface area contributed by atoms with Crippen molar-refractivity contribution >= 4 is 5.91 Å². The second kappa shape index (κ2) is 6.84. The third-order valence-corrected chi connectivity index (χ3v) is 4.29. The molecule has 1 saturated heterocycles. The van der Waals surface area contributed by atoms with Crippen molar-refractivity contribution in [1.29, 1.82) is 0 Å². The molecule has 0 unspecified atom stereocenters. The second-order valence-electron chi connectivity index (χ2n) is 6.01. The van der Waals surface area contributed by atoms with Gasteiger partial charge in [0.1, 0.15) is 6.54 Å². The number of carbonyl (C=O) groups excluding carboxylic acids is 1. The van der Waals surface area contributed by atoms with E-state index in [4.69, 9.17) is 0 Å². The van der Waals surface area contributed by atoms with Crippen molar-refractivity contribution in [2.45, 2.75) is 12.6 Å². The van der Waals surface area contributed by atoms with Gasteiger partial charge in [0.15, 0.2) is 0 Å². The number of nitrogens with one attached hydrogen (secondary N) is 1. The summed E-state index contributed by atoms with van der Waals surface area (Å²) in [4.78, 5) is 41.8. The molecule has 7 nitrogen and oxygen atoms in total. The number of hydrogen-bond acceptors (Lipinski definition) is 4. The van der Waals surface area contributed by atoms with E-state index in [0.29, 0.717) is 6.54 Å². The van der Waals surface area contributed by atoms with E-state index in [9.17, 15) is 14.4 Å². The van der Waals surface area contributed by atoms with Crippen LogP contribution in [0.2, 0.25) is 0 Å². The van der Waals surface area contributed by atoms with Crippen LogP contribution >= 0.6 is 0 Å². The van der Waals surface area contributed by atoms with Crippen molar-refractivity contribution in [3.05, 3.63) is 69.0 Å². The lowest BCUT2D eigenvalue weighted by atomic mass is 10.0. The summed E-state index contributed by atoms with van der Waals surface area (Å²) >= 11 is 0. The number of benzene rings is 1. The van der Waals surface area contributed by atoms with Crippen LogP contribution in [-0.4, -0.2) is 51.9 Å². The predicted molar refractivity (Wildman–Crippen MR) is 89.7 cm³/mol. The van der Waals surface area contributed by atoms with Gasteiger partial charge in [0.2, 0.25) is 5.91 Å². The van der Waals surface area contributed by atoms with Gasteiger partial charge in [-0.2, -0.15) is 0 Å². The van der Waals surface area contributed by atoms with Crippen molar-refractivity contribution in [2.24, 2.45) is 0 Å². The summed E-state index contributed by atoms with van der Waals surface area (Å²) in [6.45, 7) is 2.06. The molecule has 1 aliphatic rings. The number of carbonyl (C=O) groups is 1. The van der Waals surface area contributed by atoms with Gasteiger partial charge < -0.3 is 9.80 Å². The smallest absolute Gasteiger partial charge is 0.328 e. The lowest BCUT2D eigenvalue weighted by Gasteiger charge is -2.40. The van der Waals surface area contributed by atoms with Gasteiger partial charge in [-0.25, -0.2) is 4.79 Å². The Hall–Kier alpha value is -2.67. The number of rotatable bonds is 3. The molecule has 1 atom stereocenters. The number of likely N-dealkylation sites (N-methyl/N-ethyl adjacent to an activating group) is 1. The molecule has 7 heteroatoms. The van der Waals surface area contributed by atoms with Crippen molar-refractivity contribution in [1.82, 2.24) is 19.4 Å². The summed E-state index contributed by atoms with van der Waals surface area (Å²) in [5.41, 5.74) is 0.0397. The molecule has 1 N–H and O–H groups in total. The predicted octanol–water partition coefficient (Wildman–Crippen LogP) is 0.0519. The molecule has 2 aromatic rings. The topological polar surface area (TPSA) is 78.4 Å². The minimum atomic E-state index is -0.568. The molecule has 0 aliphatic carbocycles. The highest BCUT2D eigenvalue weighted by Gasteiger charge is 2.30. The number of H-pyrrole nitrogens is 1. The van der Waals surface area contributed by atoms with E-state index in [1.165, 1.54) is 16.8 Å². The quantitative estimate of drug-likeness (QED) is 0.864. The van der Waals surface area contributed by atoms with E-state index in [1.54, 1.807) is 0 Å². The molecule has 2 heterocycles. The fraction of sp³-hybridized carbons (Fsp3) is 0.353. The summed E-state index contributed by atoms with van der Waals surface area (Å²) in [5, 5.41) is 0. The molecule has 24 heavy (non-hydrogen) atoms. The summed E-state index contributed by atoms with van der Waals surface area (Å²) in [7, 11) is 2.03. The van der Waals surface area contributed by atoms with Gasteiger partial charge in [-0.15, -0.1) is 0 Å². The Kier molecular flexibility index (Phi) is 4.61. The molecular weight excluding hydrogens is 308 g/mol. The van der Waals surface area contributed by atoms with E-state index >= 15 is 0 Å². The van der Waals surface area contributed by atoms with Gasteiger partial charge in [-0.05, 0) is 12.6 Å². The molecule has 0 saturated carbocycles. The van der Waals surface area contributed by atoms with Gasteiger partial charge in [0.05, 0.1) is 6.04 Å². The van der Waals surface area contributed by atoms with Crippen LogP contribution in [-0.2, 0) is 11.3 Å². The first-order chi connectivity index (χ1) is 11.5. The summed E-state index contributed by atoms with van der Waals surface area (Å²) in [5.74, 6) is -0.133. The standard InChI is InChI=1S/C17H20N4O3/c1-19-9-10-21(14(11-19)13-5-3-2-4-6-13)16(23)12-20-8-7-15(22)18-17(20)24/h2-8,14H,9-12H2,1H3,(H,18,22,24)/t14-/m1/s1. The van der Waals surface area contributed by atoms with Crippen molar-refractivity contribution in [3.8, 4) is 0 Å². The van der Waals surface area contributed by atoms with Crippen LogP contribution in [0.1, 0.15) is 11.6 Å². The highest BCUT2D eigenvalue weighted by atomic mass is 16.2. The fourth-order valence-corrected chi connectivity index (χ4v) is 2.98. The molecule has 1 aromatic carbocycles. The number of aromatic nitrogens is 2. The van der Waals surface area contributed by atoms with Gasteiger partial charge in [0.25, 0.3) is 5.56 Å². The molecule has 126 valence electrons. The maximum absolute atomic E-state index is 12.8. The molecule has 0 spiro atoms. The first-order valence-corrected chi connectivity index (χ1v) is 7.87. The Morgan fingerprint density at radius 1 is 1.17 bits per heavy atom. The van der Waals surface area contributed by atoms with Crippen molar-refractivity contribution < 1.29 is 4.79 Å². The summed E-state index contributed by atoms with van der Waals surface area (Å²) in [6.07, 6.45) is 1.35. The van der Waals surface area contributed by atoms with Crippen LogP contribution in [0.3, 0.4) is 0 Å².